The molecule has 0 aromatic carbocycles. The Morgan fingerprint density at radius 3 is 2.00 bits per heavy atom. The van der Waals surface area contributed by atoms with Crippen molar-refractivity contribution in [2.75, 3.05) is 0 Å². The smallest absolute Gasteiger partial charge is 0.326 e. The van der Waals surface area contributed by atoms with Crippen molar-refractivity contribution in [1.82, 2.24) is 10.6 Å². The zero-order valence-corrected chi connectivity index (χ0v) is 12.2. The highest BCUT2D eigenvalue weighted by atomic mass is 16.4. The summed E-state index contributed by atoms with van der Waals surface area (Å²) in [4.78, 5) is 22.9. The summed E-state index contributed by atoms with van der Waals surface area (Å²) in [6.45, 7) is 11.4. The van der Waals surface area contributed by atoms with Crippen LogP contribution < -0.4 is 10.6 Å². The quantitative estimate of drug-likeness (QED) is 0.707. The third-order valence-corrected chi connectivity index (χ3v) is 3.24. The van der Waals surface area contributed by atoms with Crippen LogP contribution >= 0.6 is 0 Å². The van der Waals surface area contributed by atoms with E-state index in [1.165, 1.54) is 0 Å². The van der Waals surface area contributed by atoms with Gasteiger partial charge in [0.15, 0.2) is 0 Å². The number of carboxylic acids is 1. The molecule has 0 heterocycles. The van der Waals surface area contributed by atoms with Gasteiger partial charge in [-0.25, -0.2) is 9.59 Å². The van der Waals surface area contributed by atoms with Gasteiger partial charge < -0.3 is 15.7 Å². The number of aliphatic carboxylic acids is 1. The number of amides is 2. The largest absolute Gasteiger partial charge is 0.480 e. The van der Waals surface area contributed by atoms with Crippen LogP contribution in [-0.4, -0.2) is 29.2 Å². The fourth-order valence-electron chi connectivity index (χ4n) is 1.52. The predicted octanol–water partition coefficient (Wildman–Crippen LogP) is 2.22. The van der Waals surface area contributed by atoms with E-state index < -0.39 is 23.5 Å². The fourth-order valence-corrected chi connectivity index (χ4v) is 1.52. The van der Waals surface area contributed by atoms with Crippen molar-refractivity contribution in [1.29, 1.82) is 0 Å². The molecule has 2 unspecified atom stereocenters. The Bertz CT molecular complexity index is 297. The molecule has 0 fully saturated rings. The van der Waals surface area contributed by atoms with Gasteiger partial charge in [-0.15, -0.1) is 0 Å². The van der Waals surface area contributed by atoms with Crippen molar-refractivity contribution in [3.8, 4) is 0 Å². The lowest BCUT2D eigenvalue weighted by molar-refractivity contribution is -0.141. The van der Waals surface area contributed by atoms with Crippen molar-refractivity contribution in [3.05, 3.63) is 0 Å². The van der Waals surface area contributed by atoms with E-state index in [1.807, 2.05) is 13.8 Å². The maximum Gasteiger partial charge on any atom is 0.326 e. The first-order valence-electron chi connectivity index (χ1n) is 6.39. The summed E-state index contributed by atoms with van der Waals surface area (Å²) in [7, 11) is 0. The normalized spacial score (nSPS) is 16.6. The van der Waals surface area contributed by atoms with Crippen LogP contribution in [0.3, 0.4) is 0 Å². The van der Waals surface area contributed by atoms with Crippen LogP contribution in [0.1, 0.15) is 48.0 Å². The molecule has 0 saturated heterocycles. The van der Waals surface area contributed by atoms with E-state index in [4.69, 9.17) is 5.11 Å². The summed E-state index contributed by atoms with van der Waals surface area (Å²) in [5, 5.41) is 14.4. The van der Waals surface area contributed by atoms with Crippen LogP contribution in [0.15, 0.2) is 0 Å². The topological polar surface area (TPSA) is 78.4 Å². The molecule has 0 aromatic heterocycles. The summed E-state index contributed by atoms with van der Waals surface area (Å²) in [5.74, 6) is -0.664. The first kappa shape index (κ1) is 16.7. The van der Waals surface area contributed by atoms with Crippen LogP contribution in [-0.2, 0) is 4.79 Å². The number of carbonyl (C=O) groups is 2. The van der Waals surface area contributed by atoms with Gasteiger partial charge in [0.1, 0.15) is 6.04 Å². The zero-order valence-electron chi connectivity index (χ0n) is 12.2. The molecule has 3 atom stereocenters. The lowest BCUT2D eigenvalue weighted by Gasteiger charge is -2.29. The van der Waals surface area contributed by atoms with E-state index in [2.05, 4.69) is 17.6 Å². The SMILES string of the molecule is CCC(C)C(C)NC(=O)N[C@H](C(=O)O)C(C)(C)C. The molecule has 0 radical (unpaired) electrons. The maximum absolute atomic E-state index is 11.7. The molecule has 18 heavy (non-hydrogen) atoms. The Balaban J connectivity index is 4.50. The van der Waals surface area contributed by atoms with Crippen LogP contribution in [0.5, 0.6) is 0 Å². The molecular weight excluding hydrogens is 232 g/mol. The summed E-state index contributed by atoms with van der Waals surface area (Å²) in [6.07, 6.45) is 0.961. The minimum Gasteiger partial charge on any atom is -0.480 e. The molecular formula is C13H26N2O3. The Kier molecular flexibility index (Phi) is 6.15. The summed E-state index contributed by atoms with van der Waals surface area (Å²) in [5.41, 5.74) is -0.525. The van der Waals surface area contributed by atoms with Gasteiger partial charge in [0.05, 0.1) is 0 Å². The monoisotopic (exact) mass is 258 g/mol. The first-order valence-corrected chi connectivity index (χ1v) is 6.39. The molecule has 5 nitrogen and oxygen atoms in total. The van der Waals surface area contributed by atoms with Gasteiger partial charge in [0.25, 0.3) is 0 Å². The summed E-state index contributed by atoms with van der Waals surface area (Å²) >= 11 is 0. The van der Waals surface area contributed by atoms with Gasteiger partial charge in [0.2, 0.25) is 0 Å². The minimum atomic E-state index is -1.02. The molecule has 3 N–H and O–H groups in total. The van der Waals surface area contributed by atoms with Gasteiger partial charge in [-0.2, -0.15) is 0 Å². The molecule has 0 aliphatic rings. The number of hydrogen-bond donors (Lipinski definition) is 3. The van der Waals surface area contributed by atoms with Crippen molar-refractivity contribution < 1.29 is 14.7 Å². The van der Waals surface area contributed by atoms with Crippen LogP contribution in [0.2, 0.25) is 0 Å². The van der Waals surface area contributed by atoms with Crippen molar-refractivity contribution >= 4 is 12.0 Å². The molecule has 0 aliphatic heterocycles. The molecule has 0 spiro atoms. The Morgan fingerprint density at radius 1 is 1.17 bits per heavy atom. The predicted molar refractivity (Wildman–Crippen MR) is 71.5 cm³/mol. The number of rotatable bonds is 5. The standard InChI is InChI=1S/C13H26N2O3/c1-7-8(2)9(3)14-12(18)15-10(11(16)17)13(4,5)6/h8-10H,7H2,1-6H3,(H,16,17)(H2,14,15,18)/t8?,9?,10-/m1/s1. The highest BCUT2D eigenvalue weighted by molar-refractivity contribution is 5.83. The molecule has 0 aliphatic carbocycles. The Labute approximate surface area is 109 Å². The maximum atomic E-state index is 11.7. The lowest BCUT2D eigenvalue weighted by Crippen LogP contribution is -2.54. The molecule has 5 heteroatoms. The van der Waals surface area contributed by atoms with E-state index >= 15 is 0 Å². The van der Waals surface area contributed by atoms with Crippen molar-refractivity contribution in [3.63, 3.8) is 0 Å². The highest BCUT2D eigenvalue weighted by Gasteiger charge is 2.32. The number of carbonyl (C=O) groups excluding carboxylic acids is 1. The molecule has 0 rings (SSSR count). The number of carboxylic acid groups (broad SMARTS) is 1. The van der Waals surface area contributed by atoms with E-state index in [1.54, 1.807) is 20.8 Å². The molecule has 0 bridgehead atoms. The second-order valence-electron chi connectivity index (χ2n) is 5.93. The Morgan fingerprint density at radius 2 is 1.67 bits per heavy atom. The zero-order chi connectivity index (χ0) is 14.5. The second kappa shape index (κ2) is 6.61. The van der Waals surface area contributed by atoms with Gasteiger partial charge in [0, 0.05) is 6.04 Å². The van der Waals surface area contributed by atoms with Gasteiger partial charge in [-0.3, -0.25) is 0 Å². The van der Waals surface area contributed by atoms with E-state index in [-0.39, 0.29) is 6.04 Å². The van der Waals surface area contributed by atoms with Crippen LogP contribution in [0.4, 0.5) is 4.79 Å². The number of nitrogens with one attached hydrogen (secondary N) is 2. The van der Waals surface area contributed by atoms with Crippen molar-refractivity contribution in [2.24, 2.45) is 11.3 Å². The van der Waals surface area contributed by atoms with Crippen LogP contribution in [0.25, 0.3) is 0 Å². The highest BCUT2D eigenvalue weighted by Crippen LogP contribution is 2.19. The van der Waals surface area contributed by atoms with Gasteiger partial charge >= 0.3 is 12.0 Å². The minimum absolute atomic E-state index is 0.0180. The number of urea groups is 1. The summed E-state index contributed by atoms with van der Waals surface area (Å²) in [6, 6.07) is -1.31. The van der Waals surface area contributed by atoms with Crippen LogP contribution in [0, 0.1) is 11.3 Å². The summed E-state index contributed by atoms with van der Waals surface area (Å²) < 4.78 is 0. The average Bonchev–Trinajstić information content (AvgIpc) is 2.22. The van der Waals surface area contributed by atoms with E-state index in [0.717, 1.165) is 6.42 Å². The van der Waals surface area contributed by atoms with Crippen molar-refractivity contribution in [2.45, 2.75) is 60.0 Å². The molecule has 0 aromatic rings. The number of hydrogen-bond acceptors (Lipinski definition) is 2. The lowest BCUT2D eigenvalue weighted by atomic mass is 9.87. The van der Waals surface area contributed by atoms with Gasteiger partial charge in [-0.05, 0) is 18.3 Å². The fraction of sp³-hybridized carbons (Fsp3) is 0.846. The Hall–Kier alpha value is -1.26. The molecule has 106 valence electrons. The van der Waals surface area contributed by atoms with E-state index in [0.29, 0.717) is 5.92 Å². The first-order chi connectivity index (χ1) is 8.09. The second-order valence-corrected chi connectivity index (χ2v) is 5.93. The average molecular weight is 258 g/mol. The van der Waals surface area contributed by atoms with Gasteiger partial charge in [-0.1, -0.05) is 41.0 Å². The molecule has 0 saturated carbocycles. The third kappa shape index (κ3) is 5.38. The third-order valence-electron chi connectivity index (χ3n) is 3.24. The molecule has 2 amide bonds. The van der Waals surface area contributed by atoms with E-state index in [9.17, 15) is 9.59 Å².